The van der Waals surface area contributed by atoms with E-state index in [-0.39, 0.29) is 11.6 Å². The second-order valence-electron chi connectivity index (χ2n) is 4.54. The van der Waals surface area contributed by atoms with Crippen LogP contribution in [0.25, 0.3) is 0 Å². The van der Waals surface area contributed by atoms with Crippen molar-refractivity contribution in [2.45, 2.75) is 31.2 Å². The fourth-order valence-corrected chi connectivity index (χ4v) is 2.35. The maximum absolute atomic E-state index is 13.7. The third-order valence-corrected chi connectivity index (χ3v) is 3.27. The average molecular weight is 223 g/mol. The Morgan fingerprint density at radius 1 is 1.56 bits per heavy atom. The van der Waals surface area contributed by atoms with E-state index in [1.54, 1.807) is 12.1 Å². The lowest BCUT2D eigenvalue weighted by atomic mass is 9.61. The first-order valence-electron chi connectivity index (χ1n) is 5.21. The van der Waals surface area contributed by atoms with Gasteiger partial charge in [0.15, 0.2) is 0 Å². The van der Waals surface area contributed by atoms with Crippen molar-refractivity contribution in [2.75, 3.05) is 0 Å². The number of hydrogen-bond acceptors (Lipinski definition) is 2. The zero-order valence-corrected chi connectivity index (χ0v) is 9.03. The molecule has 1 saturated carbocycles. The first kappa shape index (κ1) is 11.1. The Kier molecular flexibility index (Phi) is 2.46. The van der Waals surface area contributed by atoms with Crippen LogP contribution in [0.1, 0.15) is 24.0 Å². The summed E-state index contributed by atoms with van der Waals surface area (Å²) in [5, 5.41) is 9.25. The topological polar surface area (TPSA) is 63.3 Å². The molecule has 1 aliphatic rings. The molecule has 0 radical (unpaired) electrons. The summed E-state index contributed by atoms with van der Waals surface area (Å²) in [6, 6.07) is 4.41. The molecule has 0 amide bonds. The molecule has 0 aliphatic heterocycles. The predicted molar refractivity (Wildman–Crippen MR) is 57.7 cm³/mol. The maximum Gasteiger partial charge on any atom is 0.314 e. The van der Waals surface area contributed by atoms with Crippen LogP contribution in [0, 0.1) is 12.7 Å². The molecule has 0 saturated heterocycles. The molecular weight excluding hydrogens is 209 g/mol. The molecule has 2 rings (SSSR count). The Morgan fingerprint density at radius 3 is 2.69 bits per heavy atom. The summed E-state index contributed by atoms with van der Waals surface area (Å²) >= 11 is 0. The van der Waals surface area contributed by atoms with Crippen LogP contribution in [0.2, 0.25) is 0 Å². The summed E-state index contributed by atoms with van der Waals surface area (Å²) in [7, 11) is 0. The first-order chi connectivity index (χ1) is 7.45. The first-order valence-corrected chi connectivity index (χ1v) is 5.21. The van der Waals surface area contributed by atoms with Crippen molar-refractivity contribution in [1.82, 2.24) is 0 Å². The highest BCUT2D eigenvalue weighted by molar-refractivity contribution is 5.83. The number of rotatable bonds is 2. The van der Waals surface area contributed by atoms with E-state index in [9.17, 15) is 14.3 Å². The molecular formula is C12H14FNO2. The third-order valence-electron chi connectivity index (χ3n) is 3.27. The normalized spacial score (nSPS) is 28.6. The second kappa shape index (κ2) is 3.56. The number of halogens is 1. The number of nitrogens with two attached hydrogens (primary N) is 1. The highest BCUT2D eigenvalue weighted by Crippen LogP contribution is 2.44. The number of carboxylic acid groups (broad SMARTS) is 1. The molecule has 1 aliphatic carbocycles. The Bertz CT molecular complexity index is 439. The number of benzene rings is 1. The van der Waals surface area contributed by atoms with Gasteiger partial charge in [-0.3, -0.25) is 4.79 Å². The van der Waals surface area contributed by atoms with Crippen molar-refractivity contribution in [1.29, 1.82) is 0 Å². The van der Waals surface area contributed by atoms with Crippen molar-refractivity contribution in [2.24, 2.45) is 5.73 Å². The minimum atomic E-state index is -1.12. The molecule has 0 heterocycles. The van der Waals surface area contributed by atoms with Gasteiger partial charge >= 0.3 is 5.97 Å². The van der Waals surface area contributed by atoms with E-state index < -0.39 is 17.2 Å². The summed E-state index contributed by atoms with van der Waals surface area (Å²) < 4.78 is 13.7. The van der Waals surface area contributed by atoms with E-state index in [0.717, 1.165) is 5.56 Å². The number of aliphatic carboxylic acids is 1. The SMILES string of the molecule is Cc1ccc(F)c(C2(C(=O)O)CC(N)C2)c1. The van der Waals surface area contributed by atoms with E-state index in [1.807, 2.05) is 6.92 Å². The van der Waals surface area contributed by atoms with Crippen molar-refractivity contribution >= 4 is 5.97 Å². The molecule has 1 aromatic carbocycles. The lowest BCUT2D eigenvalue weighted by molar-refractivity contribution is -0.148. The molecule has 1 fully saturated rings. The standard InChI is InChI=1S/C12H14FNO2/c1-7-2-3-10(13)9(4-7)12(11(15)16)5-8(14)6-12/h2-4,8H,5-6,14H2,1H3,(H,15,16). The van der Waals surface area contributed by atoms with Gasteiger partial charge in [0, 0.05) is 11.6 Å². The van der Waals surface area contributed by atoms with Gasteiger partial charge in [0.05, 0.1) is 5.41 Å². The molecule has 0 atom stereocenters. The van der Waals surface area contributed by atoms with Crippen molar-refractivity contribution in [3.05, 3.63) is 35.1 Å². The van der Waals surface area contributed by atoms with E-state index in [1.165, 1.54) is 6.07 Å². The van der Waals surface area contributed by atoms with Gasteiger partial charge in [0.1, 0.15) is 5.82 Å². The molecule has 3 N–H and O–H groups in total. The van der Waals surface area contributed by atoms with Crippen molar-refractivity contribution < 1.29 is 14.3 Å². The quantitative estimate of drug-likeness (QED) is 0.800. The molecule has 0 spiro atoms. The van der Waals surface area contributed by atoms with Gasteiger partial charge in [-0.2, -0.15) is 0 Å². The molecule has 0 aromatic heterocycles. The van der Waals surface area contributed by atoms with Gasteiger partial charge in [0.25, 0.3) is 0 Å². The van der Waals surface area contributed by atoms with E-state index in [2.05, 4.69) is 0 Å². The number of carboxylic acids is 1. The van der Waals surface area contributed by atoms with Gasteiger partial charge in [-0.25, -0.2) is 4.39 Å². The second-order valence-corrected chi connectivity index (χ2v) is 4.54. The fourth-order valence-electron chi connectivity index (χ4n) is 2.35. The van der Waals surface area contributed by atoms with Crippen molar-refractivity contribution in [3.63, 3.8) is 0 Å². The van der Waals surface area contributed by atoms with Crippen LogP contribution in [-0.4, -0.2) is 17.1 Å². The van der Waals surface area contributed by atoms with Crippen LogP contribution in [-0.2, 0) is 10.2 Å². The van der Waals surface area contributed by atoms with Gasteiger partial charge in [0.2, 0.25) is 0 Å². The fraction of sp³-hybridized carbons (Fsp3) is 0.417. The number of hydrogen-bond donors (Lipinski definition) is 2. The van der Waals surface area contributed by atoms with Gasteiger partial charge in [-0.05, 0) is 25.8 Å². The predicted octanol–water partition coefficient (Wildman–Crippen LogP) is 1.58. The summed E-state index contributed by atoms with van der Waals surface area (Å²) in [4.78, 5) is 11.3. The minimum Gasteiger partial charge on any atom is -0.481 e. The Balaban J connectivity index is 2.48. The average Bonchev–Trinajstić information content (AvgIpc) is 2.16. The van der Waals surface area contributed by atoms with Gasteiger partial charge in [-0.1, -0.05) is 17.7 Å². The molecule has 1 aromatic rings. The third kappa shape index (κ3) is 1.50. The van der Waals surface area contributed by atoms with Gasteiger partial charge in [-0.15, -0.1) is 0 Å². The molecule has 86 valence electrons. The summed E-state index contributed by atoms with van der Waals surface area (Å²) in [5.74, 6) is -1.45. The van der Waals surface area contributed by atoms with E-state index in [4.69, 9.17) is 5.73 Å². The number of aryl methyl sites for hydroxylation is 1. The largest absolute Gasteiger partial charge is 0.481 e. The lowest BCUT2D eigenvalue weighted by Gasteiger charge is -2.43. The minimum absolute atomic E-state index is 0.143. The Hall–Kier alpha value is -1.42. The lowest BCUT2D eigenvalue weighted by Crippen LogP contribution is -2.54. The van der Waals surface area contributed by atoms with Crippen LogP contribution in [0.3, 0.4) is 0 Å². The number of carbonyl (C=O) groups is 1. The highest BCUT2D eigenvalue weighted by Gasteiger charge is 2.51. The summed E-state index contributed by atoms with van der Waals surface area (Å²) in [6.07, 6.45) is 0.616. The monoisotopic (exact) mass is 223 g/mol. The smallest absolute Gasteiger partial charge is 0.314 e. The zero-order valence-electron chi connectivity index (χ0n) is 9.03. The van der Waals surface area contributed by atoms with Crippen LogP contribution in [0.5, 0.6) is 0 Å². The van der Waals surface area contributed by atoms with Crippen molar-refractivity contribution in [3.8, 4) is 0 Å². The zero-order chi connectivity index (χ0) is 11.9. The van der Waals surface area contributed by atoms with E-state index in [0.29, 0.717) is 12.8 Å². The Labute approximate surface area is 93.1 Å². The molecule has 16 heavy (non-hydrogen) atoms. The summed E-state index contributed by atoms with van der Waals surface area (Å²) in [5.41, 5.74) is 5.64. The van der Waals surface area contributed by atoms with Crippen LogP contribution >= 0.6 is 0 Å². The van der Waals surface area contributed by atoms with Crippen LogP contribution < -0.4 is 5.73 Å². The summed E-state index contributed by atoms with van der Waals surface area (Å²) in [6.45, 7) is 1.82. The van der Waals surface area contributed by atoms with Gasteiger partial charge < -0.3 is 10.8 Å². The molecule has 0 bridgehead atoms. The van der Waals surface area contributed by atoms with Crippen LogP contribution in [0.15, 0.2) is 18.2 Å². The van der Waals surface area contributed by atoms with Crippen LogP contribution in [0.4, 0.5) is 4.39 Å². The molecule has 3 nitrogen and oxygen atoms in total. The Morgan fingerprint density at radius 2 is 2.19 bits per heavy atom. The van der Waals surface area contributed by atoms with E-state index >= 15 is 0 Å². The molecule has 4 heteroatoms. The maximum atomic E-state index is 13.7. The molecule has 0 unspecified atom stereocenters. The highest BCUT2D eigenvalue weighted by atomic mass is 19.1.